The molecule has 0 heterocycles. The maximum Gasteiger partial charge on any atom is 0.417 e. The Morgan fingerprint density at radius 1 is 0.824 bits per heavy atom. The molecule has 2 nitrogen and oxygen atoms in total. The van der Waals surface area contributed by atoms with Gasteiger partial charge in [0.2, 0.25) is 0 Å². The lowest BCUT2D eigenvalue weighted by Crippen LogP contribution is -2.03. The van der Waals surface area contributed by atoms with Crippen LogP contribution in [0.1, 0.15) is 78.6 Å². The number of carbonyl (C=O) groups excluding carboxylic acids is 1. The minimum absolute atomic E-state index is 0.496. The summed E-state index contributed by atoms with van der Waals surface area (Å²) in [6.45, 7) is 8.93. The van der Waals surface area contributed by atoms with Gasteiger partial charge in [-0.3, -0.25) is 0 Å². The van der Waals surface area contributed by atoms with E-state index in [1.807, 2.05) is 0 Å². The molecule has 0 aliphatic heterocycles. The molecule has 0 N–H and O–H groups in total. The molecule has 0 saturated heterocycles. The molecule has 0 saturated carbocycles. The molecule has 17 heavy (non-hydrogen) atoms. The van der Waals surface area contributed by atoms with Gasteiger partial charge in [0.25, 0.3) is 0 Å². The van der Waals surface area contributed by atoms with Gasteiger partial charge in [0, 0.05) is 0 Å². The van der Waals surface area contributed by atoms with Crippen LogP contribution in [0, 0.1) is 5.41 Å². The van der Waals surface area contributed by atoms with E-state index in [4.69, 9.17) is 0 Å². The Morgan fingerprint density at radius 2 is 1.29 bits per heavy atom. The molecule has 0 unspecified atom stereocenters. The smallest absolute Gasteiger partial charge is 0.417 e. The Bertz CT molecular complexity index is 170. The van der Waals surface area contributed by atoms with Crippen molar-refractivity contribution in [2.45, 2.75) is 78.6 Å². The van der Waals surface area contributed by atoms with Crippen molar-refractivity contribution in [2.75, 3.05) is 6.61 Å². The average molecular weight is 241 g/mol. The van der Waals surface area contributed by atoms with Gasteiger partial charge < -0.3 is 4.74 Å². The van der Waals surface area contributed by atoms with E-state index in [1.165, 1.54) is 57.8 Å². The molecule has 0 aliphatic carbocycles. The molecule has 0 aromatic rings. The molecule has 0 bridgehead atoms. The highest BCUT2D eigenvalue weighted by atomic mass is 16.5. The Labute approximate surface area is 107 Å². The zero-order valence-electron chi connectivity index (χ0n) is 11.9. The van der Waals surface area contributed by atoms with E-state index in [0.717, 1.165) is 6.42 Å². The highest BCUT2D eigenvalue weighted by Crippen LogP contribution is 2.22. The largest absolute Gasteiger partial charge is 0.457 e. The van der Waals surface area contributed by atoms with Crippen LogP contribution in [0.5, 0.6) is 0 Å². The number of hydrogen-bond acceptors (Lipinski definition) is 2. The van der Waals surface area contributed by atoms with Crippen LogP contribution >= 0.6 is 0 Å². The Kier molecular flexibility index (Phi) is 10.3. The van der Waals surface area contributed by atoms with Gasteiger partial charge in [-0.1, -0.05) is 65.7 Å². The molecule has 0 spiro atoms. The SMILES string of the molecule is CC(C)(C)CCCCCCCCCCO[C]=O. The molecule has 0 amide bonds. The second-order valence-corrected chi connectivity index (χ2v) is 6.07. The van der Waals surface area contributed by atoms with E-state index >= 15 is 0 Å². The predicted molar refractivity (Wildman–Crippen MR) is 72.7 cm³/mol. The zero-order chi connectivity index (χ0) is 13.0. The fourth-order valence-corrected chi connectivity index (χ4v) is 1.93. The zero-order valence-corrected chi connectivity index (χ0v) is 11.9. The Hall–Kier alpha value is -0.530. The van der Waals surface area contributed by atoms with Crippen molar-refractivity contribution in [3.05, 3.63) is 0 Å². The normalized spacial score (nSPS) is 11.5. The van der Waals surface area contributed by atoms with Crippen molar-refractivity contribution in [3.8, 4) is 0 Å². The first-order valence-corrected chi connectivity index (χ1v) is 7.05. The number of unbranched alkanes of at least 4 members (excludes halogenated alkanes) is 7. The van der Waals surface area contributed by atoms with Gasteiger partial charge in [0.15, 0.2) is 0 Å². The summed E-state index contributed by atoms with van der Waals surface area (Å²) in [7, 11) is 0. The van der Waals surface area contributed by atoms with Crippen molar-refractivity contribution in [3.63, 3.8) is 0 Å². The van der Waals surface area contributed by atoms with Gasteiger partial charge in [-0.15, -0.1) is 0 Å². The highest BCUT2D eigenvalue weighted by molar-refractivity contribution is 5.37. The molecule has 2 heteroatoms. The lowest BCUT2D eigenvalue weighted by molar-refractivity contribution is 0.268. The topological polar surface area (TPSA) is 26.3 Å². The van der Waals surface area contributed by atoms with Crippen molar-refractivity contribution in [2.24, 2.45) is 5.41 Å². The molecule has 0 fully saturated rings. The van der Waals surface area contributed by atoms with Gasteiger partial charge in [0.05, 0.1) is 6.61 Å². The van der Waals surface area contributed by atoms with Gasteiger partial charge >= 0.3 is 6.47 Å². The second kappa shape index (κ2) is 10.6. The van der Waals surface area contributed by atoms with Crippen molar-refractivity contribution in [1.29, 1.82) is 0 Å². The molecule has 0 atom stereocenters. The van der Waals surface area contributed by atoms with Gasteiger partial charge in [-0.2, -0.15) is 0 Å². The number of hydrogen-bond donors (Lipinski definition) is 0. The molecule has 0 rings (SSSR count). The van der Waals surface area contributed by atoms with E-state index in [1.54, 1.807) is 0 Å². The van der Waals surface area contributed by atoms with Crippen molar-refractivity contribution >= 4 is 6.47 Å². The molecular formula is C15H29O2. The summed E-state index contributed by atoms with van der Waals surface area (Å²) in [5, 5.41) is 0. The molecular weight excluding hydrogens is 212 g/mol. The lowest BCUT2D eigenvalue weighted by atomic mass is 9.89. The third-order valence-electron chi connectivity index (χ3n) is 2.98. The fraction of sp³-hybridized carbons (Fsp3) is 0.933. The predicted octanol–water partition coefficient (Wildman–Crippen LogP) is 4.63. The van der Waals surface area contributed by atoms with Crippen LogP contribution in [-0.4, -0.2) is 13.1 Å². The van der Waals surface area contributed by atoms with E-state index in [2.05, 4.69) is 25.5 Å². The van der Waals surface area contributed by atoms with Crippen LogP contribution in [0.4, 0.5) is 0 Å². The summed E-state index contributed by atoms with van der Waals surface area (Å²) in [6.07, 6.45) is 11.5. The first-order chi connectivity index (χ1) is 8.06. The van der Waals surface area contributed by atoms with Gasteiger partial charge in [-0.05, 0) is 18.3 Å². The Morgan fingerprint density at radius 3 is 1.76 bits per heavy atom. The quantitative estimate of drug-likeness (QED) is 0.493. The van der Waals surface area contributed by atoms with E-state index < -0.39 is 0 Å². The van der Waals surface area contributed by atoms with Crippen LogP contribution in [0.25, 0.3) is 0 Å². The van der Waals surface area contributed by atoms with Crippen molar-refractivity contribution < 1.29 is 9.53 Å². The van der Waals surface area contributed by atoms with Crippen LogP contribution in [-0.2, 0) is 9.53 Å². The number of ether oxygens (including phenoxy) is 1. The van der Waals surface area contributed by atoms with Gasteiger partial charge in [0.1, 0.15) is 0 Å². The van der Waals surface area contributed by atoms with E-state index in [9.17, 15) is 4.79 Å². The molecule has 101 valence electrons. The molecule has 0 aliphatic rings. The summed E-state index contributed by atoms with van der Waals surface area (Å²) in [4.78, 5) is 9.76. The van der Waals surface area contributed by atoms with Crippen LogP contribution < -0.4 is 0 Å². The summed E-state index contributed by atoms with van der Waals surface area (Å²) in [6, 6.07) is 0. The minimum atomic E-state index is 0.496. The maximum atomic E-state index is 9.76. The highest BCUT2D eigenvalue weighted by Gasteiger charge is 2.08. The summed E-state index contributed by atoms with van der Waals surface area (Å²) >= 11 is 0. The Balaban J connectivity index is 3.01. The summed E-state index contributed by atoms with van der Waals surface area (Å²) < 4.78 is 4.52. The monoisotopic (exact) mass is 241 g/mol. The fourth-order valence-electron chi connectivity index (χ4n) is 1.93. The van der Waals surface area contributed by atoms with Crippen molar-refractivity contribution in [1.82, 2.24) is 0 Å². The molecule has 1 radical (unpaired) electrons. The average Bonchev–Trinajstić information content (AvgIpc) is 2.24. The maximum absolute atomic E-state index is 9.76. The van der Waals surface area contributed by atoms with Crippen LogP contribution in [0.3, 0.4) is 0 Å². The lowest BCUT2D eigenvalue weighted by Gasteiger charge is -2.17. The number of rotatable bonds is 11. The third-order valence-corrected chi connectivity index (χ3v) is 2.98. The van der Waals surface area contributed by atoms with Crippen LogP contribution in [0.2, 0.25) is 0 Å². The summed E-state index contributed by atoms with van der Waals surface area (Å²) in [5.74, 6) is 0. The first-order valence-electron chi connectivity index (χ1n) is 7.05. The van der Waals surface area contributed by atoms with Gasteiger partial charge in [-0.25, -0.2) is 4.79 Å². The third kappa shape index (κ3) is 15.5. The molecule has 0 aromatic carbocycles. The van der Waals surface area contributed by atoms with Crippen LogP contribution in [0.15, 0.2) is 0 Å². The van der Waals surface area contributed by atoms with E-state index in [0.29, 0.717) is 12.0 Å². The standard InChI is InChI=1S/C15H29O2/c1-15(2,3)12-10-8-6-4-5-7-9-11-13-17-14-16/h4-13H2,1-3H3. The summed E-state index contributed by atoms with van der Waals surface area (Å²) in [5.41, 5.74) is 0.496. The first kappa shape index (κ1) is 16.5. The second-order valence-electron chi connectivity index (χ2n) is 6.07. The minimum Gasteiger partial charge on any atom is -0.457 e. The molecule has 0 aromatic heterocycles. The van der Waals surface area contributed by atoms with E-state index in [-0.39, 0.29) is 0 Å².